The van der Waals surface area contributed by atoms with Gasteiger partial charge in [-0.05, 0) is 68.1 Å². The van der Waals surface area contributed by atoms with Crippen molar-refractivity contribution >= 4 is 5.97 Å². The monoisotopic (exact) mass is 380 g/mol. The lowest BCUT2D eigenvalue weighted by Gasteiger charge is -2.68. The summed E-state index contributed by atoms with van der Waals surface area (Å²) in [5, 5.41) is 30.1. The van der Waals surface area contributed by atoms with Crippen molar-refractivity contribution in [1.82, 2.24) is 0 Å². The molecule has 8 atom stereocenters. The molecule has 0 radical (unpaired) electrons. The third kappa shape index (κ3) is 2.18. The number of hydrogen-bond acceptors (Lipinski definition) is 3. The molecule has 4 nitrogen and oxygen atoms in total. The molecule has 0 aromatic heterocycles. The molecule has 5 aliphatic rings. The molecule has 2 bridgehead atoms. The Labute approximate surface area is 168 Å². The van der Waals surface area contributed by atoms with E-state index in [2.05, 4.69) is 39.0 Å². The fourth-order valence-corrected chi connectivity index (χ4v) is 8.23. The van der Waals surface area contributed by atoms with Crippen LogP contribution >= 0.6 is 0 Å². The van der Waals surface area contributed by atoms with Crippen molar-refractivity contribution in [3.05, 3.63) is 11.6 Å². The van der Waals surface area contributed by atoms with Gasteiger partial charge in [0.1, 0.15) is 0 Å². The summed E-state index contributed by atoms with van der Waals surface area (Å²) in [6.45, 7) is 8.65. The molecule has 0 aliphatic heterocycles. The summed E-state index contributed by atoms with van der Waals surface area (Å²) < 4.78 is 0. The molecule has 0 aromatic rings. The van der Waals surface area contributed by atoms with Crippen LogP contribution in [0.5, 0.6) is 0 Å². The minimum absolute atomic E-state index is 0.0730. The van der Waals surface area contributed by atoms with Gasteiger partial charge in [0.25, 0.3) is 0 Å². The fraction of sp³-hybridized carbons (Fsp3) is 0.792. The lowest BCUT2D eigenvalue weighted by Crippen LogP contribution is -2.64. The highest BCUT2D eigenvalue weighted by Crippen LogP contribution is 2.73. The molecular formula is C24H32N2O2. The van der Waals surface area contributed by atoms with E-state index in [0.29, 0.717) is 11.8 Å². The first kappa shape index (κ1) is 19.5. The van der Waals surface area contributed by atoms with E-state index in [1.54, 1.807) is 0 Å². The normalized spacial score (nSPS) is 49.4. The fourth-order valence-electron chi connectivity index (χ4n) is 8.23. The number of carboxylic acids is 1. The predicted octanol–water partition coefficient (Wildman–Crippen LogP) is 5.18. The van der Waals surface area contributed by atoms with Crippen molar-refractivity contribution in [1.29, 1.82) is 10.5 Å². The van der Waals surface area contributed by atoms with Crippen LogP contribution in [-0.2, 0) is 4.79 Å². The second-order valence-corrected chi connectivity index (χ2v) is 10.7. The third-order valence-electron chi connectivity index (χ3n) is 9.46. The molecule has 4 heteroatoms. The number of allylic oxidation sites excluding steroid dienone is 2. The van der Waals surface area contributed by atoms with Gasteiger partial charge in [0.15, 0.2) is 0 Å². The minimum atomic E-state index is -0.674. The highest BCUT2D eigenvalue weighted by molar-refractivity contribution is 5.75. The van der Waals surface area contributed by atoms with Crippen molar-refractivity contribution in [3.8, 4) is 12.1 Å². The maximum Gasteiger partial charge on any atom is 0.309 e. The Morgan fingerprint density at radius 1 is 1.18 bits per heavy atom. The number of aliphatic carboxylic acids is 1. The number of hydrogen-bond donors (Lipinski definition) is 1. The first-order valence-electron chi connectivity index (χ1n) is 10.9. The quantitative estimate of drug-likeness (QED) is 0.669. The number of rotatable bonds is 2. The molecule has 0 unspecified atom stereocenters. The number of nitriles is 2. The lowest BCUT2D eigenvalue weighted by atomic mass is 9.34. The molecule has 150 valence electrons. The Hall–Kier alpha value is -1.81. The van der Waals surface area contributed by atoms with Crippen LogP contribution in [0.4, 0.5) is 0 Å². The Bertz CT molecular complexity index is 817. The number of carboxylic acid groups (broad SMARTS) is 1. The van der Waals surface area contributed by atoms with Crippen LogP contribution in [0.15, 0.2) is 11.6 Å². The zero-order valence-electron chi connectivity index (χ0n) is 17.5. The van der Waals surface area contributed by atoms with Gasteiger partial charge in [-0.2, -0.15) is 10.5 Å². The van der Waals surface area contributed by atoms with Crippen molar-refractivity contribution in [3.63, 3.8) is 0 Å². The number of fused-ring (bicyclic) bond motifs is 2. The van der Waals surface area contributed by atoms with Crippen molar-refractivity contribution < 1.29 is 9.90 Å². The average molecular weight is 381 g/mol. The van der Waals surface area contributed by atoms with Gasteiger partial charge in [-0.1, -0.05) is 38.8 Å². The van der Waals surface area contributed by atoms with E-state index < -0.39 is 11.4 Å². The Morgan fingerprint density at radius 3 is 2.46 bits per heavy atom. The van der Waals surface area contributed by atoms with Crippen LogP contribution in [0.3, 0.4) is 0 Å². The molecule has 1 N–H and O–H groups in total. The van der Waals surface area contributed by atoms with Crippen LogP contribution in [0.1, 0.15) is 66.2 Å². The Morgan fingerprint density at radius 2 is 1.89 bits per heavy atom. The van der Waals surface area contributed by atoms with Crippen molar-refractivity contribution in [2.75, 3.05) is 0 Å². The Balaban J connectivity index is 1.86. The van der Waals surface area contributed by atoms with Gasteiger partial charge in [-0.3, -0.25) is 4.79 Å². The molecule has 28 heavy (non-hydrogen) atoms. The van der Waals surface area contributed by atoms with E-state index in [-0.39, 0.29) is 34.5 Å². The van der Waals surface area contributed by atoms with Crippen LogP contribution < -0.4 is 0 Å². The summed E-state index contributed by atoms with van der Waals surface area (Å²) in [6.07, 6.45) is 7.78. The molecule has 0 heterocycles. The largest absolute Gasteiger partial charge is 0.481 e. The summed E-state index contributed by atoms with van der Waals surface area (Å²) >= 11 is 0. The SMILES string of the molecule is CC(C)C1=C[C@]23CC[C@@H]4[C@](C)(CCC[C@@]4(C)C(=O)O)[C@@H]2C[C@@H]1[C@H](C#N)[C@@H]3C#N. The molecular weight excluding hydrogens is 348 g/mol. The summed E-state index contributed by atoms with van der Waals surface area (Å²) in [4.78, 5) is 12.2. The van der Waals surface area contributed by atoms with Gasteiger partial charge < -0.3 is 5.11 Å². The third-order valence-corrected chi connectivity index (χ3v) is 9.46. The topological polar surface area (TPSA) is 84.9 Å². The first-order chi connectivity index (χ1) is 13.2. The zero-order chi connectivity index (χ0) is 20.5. The van der Waals surface area contributed by atoms with E-state index in [9.17, 15) is 20.4 Å². The number of carbonyl (C=O) groups is 1. The molecule has 0 aromatic carbocycles. The van der Waals surface area contributed by atoms with Crippen LogP contribution in [0.25, 0.3) is 0 Å². The van der Waals surface area contributed by atoms with Crippen LogP contribution in [0.2, 0.25) is 0 Å². The molecule has 3 saturated carbocycles. The molecule has 1 spiro atoms. The lowest BCUT2D eigenvalue weighted by molar-refractivity contribution is -0.188. The smallest absolute Gasteiger partial charge is 0.309 e. The van der Waals surface area contributed by atoms with E-state index in [0.717, 1.165) is 38.5 Å². The Kier molecular flexibility index (Phi) is 4.24. The molecule has 0 saturated heterocycles. The molecule has 3 fully saturated rings. The summed E-state index contributed by atoms with van der Waals surface area (Å²) in [6, 6.07) is 5.07. The minimum Gasteiger partial charge on any atom is -0.481 e. The summed E-state index contributed by atoms with van der Waals surface area (Å²) in [5.74, 6) is -0.158. The summed E-state index contributed by atoms with van der Waals surface area (Å²) in [7, 11) is 0. The summed E-state index contributed by atoms with van der Waals surface area (Å²) in [5.41, 5.74) is 0.363. The van der Waals surface area contributed by atoms with Gasteiger partial charge in [0.2, 0.25) is 0 Å². The maximum absolute atomic E-state index is 12.2. The van der Waals surface area contributed by atoms with Gasteiger partial charge >= 0.3 is 5.97 Å². The maximum atomic E-state index is 12.2. The van der Waals surface area contributed by atoms with E-state index in [1.807, 2.05) is 6.92 Å². The van der Waals surface area contributed by atoms with E-state index in [1.165, 1.54) is 5.57 Å². The molecule has 5 aliphatic carbocycles. The van der Waals surface area contributed by atoms with E-state index >= 15 is 0 Å². The molecule has 5 rings (SSSR count). The predicted molar refractivity (Wildman–Crippen MR) is 106 cm³/mol. The van der Waals surface area contributed by atoms with Crippen molar-refractivity contribution in [2.45, 2.75) is 66.2 Å². The van der Waals surface area contributed by atoms with Gasteiger partial charge in [-0.15, -0.1) is 0 Å². The standard InChI is InChI=1S/C24H32N2O2/c1-14(2)16-11-24-9-6-19-22(3,7-5-8-23(19,4)21(27)28)20(24)10-15(16)17(12-25)18(24)13-26/h11,14-15,17-20H,5-10H2,1-4H3,(H,27,28)/t15-,17-,18-,19+,20-,22-,23+,24-/m0/s1. The zero-order valence-corrected chi connectivity index (χ0v) is 17.5. The first-order valence-corrected chi connectivity index (χ1v) is 10.9. The second-order valence-electron chi connectivity index (χ2n) is 10.7. The average Bonchev–Trinajstić information content (AvgIpc) is 2.65. The van der Waals surface area contributed by atoms with E-state index in [4.69, 9.17) is 0 Å². The second kappa shape index (κ2) is 6.09. The molecule has 0 amide bonds. The van der Waals surface area contributed by atoms with Gasteiger partial charge in [0, 0.05) is 5.41 Å². The van der Waals surface area contributed by atoms with Gasteiger partial charge in [0.05, 0.1) is 29.4 Å². The van der Waals surface area contributed by atoms with Crippen LogP contribution in [-0.4, -0.2) is 11.1 Å². The highest BCUT2D eigenvalue weighted by Gasteiger charge is 2.68. The highest BCUT2D eigenvalue weighted by atomic mass is 16.4. The number of nitrogens with zero attached hydrogens (tertiary/aromatic N) is 2. The van der Waals surface area contributed by atoms with Crippen LogP contribution in [0, 0.1) is 74.4 Å². The van der Waals surface area contributed by atoms with Crippen molar-refractivity contribution in [2.24, 2.45) is 51.8 Å². The van der Waals surface area contributed by atoms with Gasteiger partial charge in [-0.25, -0.2) is 0 Å².